The highest BCUT2D eigenvalue weighted by molar-refractivity contribution is 6.37. The molecule has 4 amide bonds. The van der Waals surface area contributed by atoms with Crippen molar-refractivity contribution in [2.75, 3.05) is 13.1 Å². The highest BCUT2D eigenvalue weighted by Gasteiger charge is 2.24. The van der Waals surface area contributed by atoms with Gasteiger partial charge in [0.25, 0.3) is 5.91 Å². The van der Waals surface area contributed by atoms with E-state index in [1.54, 1.807) is 0 Å². The van der Waals surface area contributed by atoms with Gasteiger partial charge in [-0.15, -0.1) is 0 Å². The second-order valence-electron chi connectivity index (χ2n) is 9.12. The first-order valence-electron chi connectivity index (χ1n) is 12.6. The maximum atomic E-state index is 11.7. The lowest BCUT2D eigenvalue weighted by Gasteiger charge is -2.25. The molecule has 1 saturated carbocycles. The molecule has 0 bridgehead atoms. The Hall–Kier alpha value is -3.23. The molecule has 0 heterocycles. The third-order valence-corrected chi connectivity index (χ3v) is 4.17. The van der Waals surface area contributed by atoms with Gasteiger partial charge in [-0.25, -0.2) is 0 Å². The van der Waals surface area contributed by atoms with Crippen LogP contribution in [0.4, 0.5) is 0 Å². The molecular formula is C27H46N4O5. The van der Waals surface area contributed by atoms with Gasteiger partial charge in [-0.2, -0.15) is 0 Å². The largest absolute Gasteiger partial charge is 0.350 e. The predicted molar refractivity (Wildman–Crippen MR) is 143 cm³/mol. The van der Waals surface area contributed by atoms with Crippen LogP contribution in [0, 0.1) is 12.8 Å². The van der Waals surface area contributed by atoms with Crippen LogP contribution >= 0.6 is 0 Å². The van der Waals surface area contributed by atoms with Crippen LogP contribution in [0.15, 0.2) is 30.3 Å². The molecule has 0 spiro atoms. The first kappa shape index (κ1) is 34.9. The maximum Gasteiger partial charge on any atom is 0.289 e. The van der Waals surface area contributed by atoms with E-state index in [0.29, 0.717) is 6.41 Å². The monoisotopic (exact) mass is 506 g/mol. The van der Waals surface area contributed by atoms with E-state index in [4.69, 9.17) is 0 Å². The van der Waals surface area contributed by atoms with Crippen LogP contribution in [0.1, 0.15) is 72.8 Å². The van der Waals surface area contributed by atoms with Crippen molar-refractivity contribution in [3.8, 4) is 0 Å². The van der Waals surface area contributed by atoms with E-state index in [1.807, 2.05) is 18.2 Å². The minimum Gasteiger partial charge on any atom is -0.350 e. The van der Waals surface area contributed by atoms with E-state index in [-0.39, 0.29) is 12.6 Å². The molecular weight excluding hydrogens is 460 g/mol. The molecule has 204 valence electrons. The molecule has 1 aliphatic rings. The van der Waals surface area contributed by atoms with Gasteiger partial charge in [0, 0.05) is 6.04 Å². The summed E-state index contributed by atoms with van der Waals surface area (Å²) < 4.78 is 0. The van der Waals surface area contributed by atoms with Crippen molar-refractivity contribution in [3.63, 3.8) is 0 Å². The number of benzene rings is 1. The number of hydrogen-bond donors (Lipinski definition) is 4. The summed E-state index contributed by atoms with van der Waals surface area (Å²) in [6, 6.07) is 9.43. The standard InChI is InChI=1S/C13H20N4O5.C7H8.C4H10.C3H8/c1-8(16-11(20)6-14-7-18)12(21)15-5-10(19)13(22)17-9-3-2-4-9;1-7-5-3-2-4-6-7;1-4(2)3;1-3-2/h7-9H,2-6H2,1H3,(H,14,18)(H,15,21)(H,16,20)(H,17,22);2-6H,1H3;4H,1-3H3;3H2,1-2H3. The average molecular weight is 507 g/mol. The quantitative estimate of drug-likeness (QED) is 0.302. The lowest BCUT2D eigenvalue weighted by atomic mass is 9.93. The molecule has 0 aromatic heterocycles. The first-order chi connectivity index (χ1) is 17.0. The summed E-state index contributed by atoms with van der Waals surface area (Å²) in [7, 11) is 0. The van der Waals surface area contributed by atoms with Gasteiger partial charge >= 0.3 is 0 Å². The Labute approximate surface area is 216 Å². The molecule has 0 aliphatic heterocycles. The molecule has 2 rings (SSSR count). The summed E-state index contributed by atoms with van der Waals surface area (Å²) in [6.45, 7) is 13.6. The number of aryl methyl sites for hydroxylation is 1. The van der Waals surface area contributed by atoms with Gasteiger partial charge in [-0.05, 0) is 39.0 Å². The van der Waals surface area contributed by atoms with Gasteiger partial charge in [-0.3, -0.25) is 24.0 Å². The molecule has 9 nitrogen and oxygen atoms in total. The molecule has 1 aliphatic carbocycles. The Kier molecular flexibility index (Phi) is 21.6. The van der Waals surface area contributed by atoms with E-state index in [2.05, 4.69) is 74.9 Å². The van der Waals surface area contributed by atoms with E-state index in [1.165, 1.54) is 18.9 Å². The van der Waals surface area contributed by atoms with Crippen LogP contribution in [-0.2, 0) is 24.0 Å². The molecule has 0 radical (unpaired) electrons. The van der Waals surface area contributed by atoms with Gasteiger partial charge < -0.3 is 21.3 Å². The zero-order chi connectivity index (χ0) is 27.9. The average Bonchev–Trinajstić information content (AvgIpc) is 2.79. The predicted octanol–water partition coefficient (Wildman–Crippen LogP) is 2.66. The third kappa shape index (κ3) is 21.3. The zero-order valence-corrected chi connectivity index (χ0v) is 23.0. The van der Waals surface area contributed by atoms with Crippen LogP contribution < -0.4 is 21.3 Å². The SMILES string of the molecule is CC(C)C.CC(NC(=O)CNC=O)C(=O)NCC(=O)C(=O)NC1CCC1.CCC.Cc1ccccc1. The van der Waals surface area contributed by atoms with Crippen LogP contribution in [-0.4, -0.2) is 55.1 Å². The first-order valence-corrected chi connectivity index (χ1v) is 12.6. The molecule has 4 N–H and O–H groups in total. The Balaban J connectivity index is 0. The minimum absolute atomic E-state index is 0.0516. The second kappa shape index (κ2) is 22.2. The minimum atomic E-state index is -0.886. The molecule has 1 atom stereocenters. The lowest BCUT2D eigenvalue weighted by molar-refractivity contribution is -0.139. The molecule has 1 unspecified atom stereocenters. The normalized spacial score (nSPS) is 12.3. The number of hydrogen-bond acceptors (Lipinski definition) is 5. The summed E-state index contributed by atoms with van der Waals surface area (Å²) in [4.78, 5) is 56.0. The number of Topliss-reactive ketones (excluding diaryl/α,β-unsaturated/α-hetero) is 1. The van der Waals surface area contributed by atoms with Crippen LogP contribution in [0.5, 0.6) is 0 Å². The summed E-state index contributed by atoms with van der Waals surface area (Å²) >= 11 is 0. The van der Waals surface area contributed by atoms with E-state index in [0.717, 1.165) is 25.2 Å². The van der Waals surface area contributed by atoms with Gasteiger partial charge in [0.1, 0.15) is 6.04 Å². The number of carbonyl (C=O) groups is 5. The zero-order valence-electron chi connectivity index (χ0n) is 23.0. The van der Waals surface area contributed by atoms with E-state index in [9.17, 15) is 24.0 Å². The van der Waals surface area contributed by atoms with E-state index >= 15 is 0 Å². The smallest absolute Gasteiger partial charge is 0.289 e. The molecule has 1 aromatic rings. The molecule has 1 aromatic carbocycles. The van der Waals surface area contributed by atoms with Crippen molar-refractivity contribution in [2.45, 2.75) is 86.2 Å². The van der Waals surface area contributed by atoms with Crippen molar-refractivity contribution in [3.05, 3.63) is 35.9 Å². The highest BCUT2D eigenvalue weighted by Crippen LogP contribution is 2.17. The van der Waals surface area contributed by atoms with Gasteiger partial charge in [0.15, 0.2) is 0 Å². The van der Waals surface area contributed by atoms with Crippen molar-refractivity contribution >= 4 is 29.9 Å². The number of nitrogens with one attached hydrogen (secondary N) is 4. The van der Waals surface area contributed by atoms with Crippen molar-refractivity contribution < 1.29 is 24.0 Å². The number of rotatable bonds is 9. The summed E-state index contributed by atoms with van der Waals surface area (Å²) in [5.74, 6) is -1.74. The number of carbonyl (C=O) groups excluding carboxylic acids is 5. The number of ketones is 1. The van der Waals surface area contributed by atoms with Crippen molar-refractivity contribution in [2.24, 2.45) is 5.92 Å². The molecule has 9 heteroatoms. The van der Waals surface area contributed by atoms with Crippen LogP contribution in [0.25, 0.3) is 0 Å². The third-order valence-electron chi connectivity index (χ3n) is 4.17. The Bertz CT molecular complexity index is 762. The summed E-state index contributed by atoms with van der Waals surface area (Å²) in [5, 5.41) is 9.34. The fraction of sp³-hybridized carbons (Fsp3) is 0.593. The molecule has 0 saturated heterocycles. The lowest BCUT2D eigenvalue weighted by Crippen LogP contribution is -2.50. The molecule has 36 heavy (non-hydrogen) atoms. The van der Waals surface area contributed by atoms with Crippen LogP contribution in [0.2, 0.25) is 0 Å². The summed E-state index contributed by atoms with van der Waals surface area (Å²) in [6.07, 6.45) is 4.38. The van der Waals surface area contributed by atoms with Gasteiger partial charge in [-0.1, -0.05) is 76.9 Å². The number of amides is 4. The van der Waals surface area contributed by atoms with Gasteiger partial charge in [0.05, 0.1) is 13.1 Å². The van der Waals surface area contributed by atoms with Crippen molar-refractivity contribution in [1.29, 1.82) is 0 Å². The fourth-order valence-corrected chi connectivity index (χ4v) is 2.25. The van der Waals surface area contributed by atoms with E-state index < -0.39 is 36.1 Å². The second-order valence-corrected chi connectivity index (χ2v) is 9.12. The highest BCUT2D eigenvalue weighted by atomic mass is 16.2. The Morgan fingerprint density at radius 1 is 0.972 bits per heavy atom. The van der Waals surface area contributed by atoms with Gasteiger partial charge in [0.2, 0.25) is 24.0 Å². The maximum absolute atomic E-state index is 11.7. The Morgan fingerprint density at radius 3 is 1.89 bits per heavy atom. The van der Waals surface area contributed by atoms with Crippen LogP contribution in [0.3, 0.4) is 0 Å². The molecule has 1 fully saturated rings. The summed E-state index contributed by atoms with van der Waals surface area (Å²) in [5.41, 5.74) is 1.32. The van der Waals surface area contributed by atoms with Crippen molar-refractivity contribution in [1.82, 2.24) is 21.3 Å². The topological polar surface area (TPSA) is 133 Å². The Morgan fingerprint density at radius 2 is 1.50 bits per heavy atom. The fourth-order valence-electron chi connectivity index (χ4n) is 2.25.